The molecule has 6 N–H and O–H groups in total. The van der Waals surface area contributed by atoms with Crippen molar-refractivity contribution in [1.29, 1.82) is 5.41 Å². The summed E-state index contributed by atoms with van der Waals surface area (Å²) in [7, 11) is 0. The standard InChI is InChI=1S/C25H34N6O2S/c1-5-10-29-25-17(3)30-22-13-19(7-8-23(22)34-25)15-31(12-6-2)16-20(27)9-11-28-24(33)21(14-26)18(4)32/h5,7-8,10,13-14,16,26,30,32H,1,6,9,11-12,15,27H2,2-4H3,(H,28,33)/b20-16-,21-18+,26-14?,29-10-. The van der Waals surface area contributed by atoms with Crippen molar-refractivity contribution in [1.82, 2.24) is 10.2 Å². The van der Waals surface area contributed by atoms with Gasteiger partial charge in [-0.1, -0.05) is 37.4 Å². The van der Waals surface area contributed by atoms with E-state index in [1.807, 2.05) is 13.1 Å². The molecule has 8 nitrogen and oxygen atoms in total. The van der Waals surface area contributed by atoms with Gasteiger partial charge >= 0.3 is 0 Å². The molecule has 34 heavy (non-hydrogen) atoms. The van der Waals surface area contributed by atoms with E-state index in [0.29, 0.717) is 25.2 Å². The van der Waals surface area contributed by atoms with Gasteiger partial charge in [-0.2, -0.15) is 0 Å². The summed E-state index contributed by atoms with van der Waals surface area (Å²) < 4.78 is 0. The summed E-state index contributed by atoms with van der Waals surface area (Å²) in [6.45, 7) is 11.0. The summed E-state index contributed by atoms with van der Waals surface area (Å²) in [5, 5.41) is 23.7. The van der Waals surface area contributed by atoms with Crippen LogP contribution in [0.5, 0.6) is 0 Å². The van der Waals surface area contributed by atoms with Crippen LogP contribution in [0, 0.1) is 5.41 Å². The van der Waals surface area contributed by atoms with Crippen LogP contribution < -0.4 is 16.4 Å². The topological polar surface area (TPSA) is 127 Å². The van der Waals surface area contributed by atoms with E-state index in [0.717, 1.165) is 46.1 Å². The molecular weight excluding hydrogens is 448 g/mol. The number of benzene rings is 1. The van der Waals surface area contributed by atoms with Crippen LogP contribution in [0.25, 0.3) is 0 Å². The molecule has 0 aliphatic carbocycles. The number of anilines is 1. The second-order valence-electron chi connectivity index (χ2n) is 7.83. The maximum Gasteiger partial charge on any atom is 0.256 e. The van der Waals surface area contributed by atoms with Gasteiger partial charge in [0.25, 0.3) is 5.91 Å². The average molecular weight is 483 g/mol. The molecule has 0 aromatic heterocycles. The lowest BCUT2D eigenvalue weighted by Gasteiger charge is -2.24. The highest BCUT2D eigenvalue weighted by Gasteiger charge is 2.16. The van der Waals surface area contributed by atoms with Crippen LogP contribution in [0.4, 0.5) is 5.69 Å². The van der Waals surface area contributed by atoms with Crippen LogP contribution >= 0.6 is 11.8 Å². The Kier molecular flexibility index (Phi) is 10.5. The van der Waals surface area contributed by atoms with Crippen LogP contribution in [0.15, 0.2) is 74.7 Å². The second-order valence-corrected chi connectivity index (χ2v) is 8.86. The summed E-state index contributed by atoms with van der Waals surface area (Å²) in [4.78, 5) is 19.7. The Morgan fingerprint density at radius 1 is 1.44 bits per heavy atom. The first-order valence-electron chi connectivity index (χ1n) is 11.1. The average Bonchev–Trinajstić information content (AvgIpc) is 2.78. The minimum Gasteiger partial charge on any atom is -0.512 e. The lowest BCUT2D eigenvalue weighted by Crippen LogP contribution is -2.28. The van der Waals surface area contributed by atoms with Crippen LogP contribution in [-0.2, 0) is 11.3 Å². The van der Waals surface area contributed by atoms with Gasteiger partial charge in [0.05, 0.1) is 11.3 Å². The number of fused-ring (bicyclic) bond motifs is 1. The van der Waals surface area contributed by atoms with Crippen molar-refractivity contribution in [2.75, 3.05) is 18.4 Å². The zero-order chi connectivity index (χ0) is 25.1. The fourth-order valence-electron chi connectivity index (χ4n) is 3.30. The monoisotopic (exact) mass is 482 g/mol. The van der Waals surface area contributed by atoms with Crippen LogP contribution in [-0.4, -0.2) is 41.4 Å². The van der Waals surface area contributed by atoms with Crippen molar-refractivity contribution in [3.05, 3.63) is 70.4 Å². The highest BCUT2D eigenvalue weighted by Crippen LogP contribution is 2.40. The Bertz CT molecular complexity index is 1040. The number of nitrogens with zero attached hydrogens (tertiary/aromatic N) is 2. The van der Waals surface area contributed by atoms with Crippen molar-refractivity contribution < 1.29 is 9.90 Å². The molecule has 0 saturated carbocycles. The molecular formula is C25H34N6O2S. The summed E-state index contributed by atoms with van der Waals surface area (Å²) in [6.07, 6.45) is 7.54. The SMILES string of the molecule is C=C/C=N\C1=C(C)Nc2cc(CN(/C=C(\N)CCNC(=O)/C(C=N)=C(\C)O)CCC)ccc2S1. The third kappa shape index (κ3) is 7.84. The Morgan fingerprint density at radius 2 is 2.21 bits per heavy atom. The van der Waals surface area contributed by atoms with Gasteiger partial charge in [0.15, 0.2) is 0 Å². The van der Waals surface area contributed by atoms with Crippen molar-refractivity contribution in [3.8, 4) is 0 Å². The van der Waals surface area contributed by atoms with Crippen LogP contribution in [0.1, 0.15) is 39.2 Å². The number of allylic oxidation sites excluding steroid dienone is 3. The lowest BCUT2D eigenvalue weighted by molar-refractivity contribution is -0.117. The van der Waals surface area contributed by atoms with Crippen molar-refractivity contribution in [2.24, 2.45) is 10.7 Å². The van der Waals surface area contributed by atoms with Gasteiger partial charge in [0.2, 0.25) is 0 Å². The molecule has 1 aliphatic heterocycles. The fraction of sp³-hybridized carbons (Fsp3) is 0.320. The molecule has 0 bridgehead atoms. The molecule has 1 aromatic carbocycles. The fourth-order valence-corrected chi connectivity index (χ4v) is 4.18. The Morgan fingerprint density at radius 3 is 2.85 bits per heavy atom. The molecule has 2 rings (SSSR count). The number of aliphatic imine (C=N–C) groups is 1. The summed E-state index contributed by atoms with van der Waals surface area (Å²) in [6, 6.07) is 6.36. The molecule has 9 heteroatoms. The van der Waals surface area contributed by atoms with E-state index in [4.69, 9.17) is 11.1 Å². The molecule has 0 saturated heterocycles. The highest BCUT2D eigenvalue weighted by atomic mass is 32.2. The summed E-state index contributed by atoms with van der Waals surface area (Å²) >= 11 is 1.63. The van der Waals surface area contributed by atoms with Gasteiger partial charge in [-0.3, -0.25) is 4.79 Å². The minimum absolute atomic E-state index is 0.0564. The highest BCUT2D eigenvalue weighted by molar-refractivity contribution is 8.03. The number of hydrogen-bond acceptors (Lipinski definition) is 8. The van der Waals surface area contributed by atoms with E-state index in [1.165, 1.54) is 6.92 Å². The second kappa shape index (κ2) is 13.3. The first-order valence-corrected chi connectivity index (χ1v) is 11.9. The number of rotatable bonds is 12. The van der Waals surface area contributed by atoms with E-state index >= 15 is 0 Å². The van der Waals surface area contributed by atoms with E-state index in [1.54, 1.807) is 24.1 Å². The van der Waals surface area contributed by atoms with Crippen molar-refractivity contribution in [2.45, 2.75) is 45.1 Å². The normalized spacial score (nSPS) is 14.3. The van der Waals surface area contributed by atoms with Gasteiger partial charge in [-0.05, 0) is 38.0 Å². The number of aliphatic hydroxyl groups is 1. The molecule has 1 aliphatic rings. The first kappa shape index (κ1) is 26.8. The lowest BCUT2D eigenvalue weighted by atomic mass is 10.1. The number of carbonyl (C=O) groups excluding carboxylic acids is 1. The molecule has 1 aromatic rings. The Balaban J connectivity index is 2.02. The van der Waals surface area contributed by atoms with E-state index in [2.05, 4.69) is 52.2 Å². The van der Waals surface area contributed by atoms with E-state index < -0.39 is 5.91 Å². The number of hydrogen-bond donors (Lipinski definition) is 5. The summed E-state index contributed by atoms with van der Waals surface area (Å²) in [5.41, 5.74) is 10.0. The molecule has 1 heterocycles. The molecule has 0 unspecified atom stereocenters. The van der Waals surface area contributed by atoms with Gasteiger partial charge < -0.3 is 31.8 Å². The maximum atomic E-state index is 12.0. The quantitative estimate of drug-likeness (QED) is 0.168. The number of carbonyl (C=O) groups is 1. The van der Waals surface area contributed by atoms with Crippen LogP contribution in [0.2, 0.25) is 0 Å². The van der Waals surface area contributed by atoms with Crippen LogP contribution in [0.3, 0.4) is 0 Å². The Hall–Kier alpha value is -3.46. The molecule has 182 valence electrons. The molecule has 1 amide bonds. The molecule has 0 atom stereocenters. The van der Waals surface area contributed by atoms with Crippen molar-refractivity contribution in [3.63, 3.8) is 0 Å². The zero-order valence-electron chi connectivity index (χ0n) is 20.0. The van der Waals surface area contributed by atoms with Gasteiger partial charge in [0, 0.05) is 61.0 Å². The number of thioether (sulfide) groups is 1. The van der Waals surface area contributed by atoms with Gasteiger partial charge in [-0.25, -0.2) is 4.99 Å². The number of nitrogens with two attached hydrogens (primary N) is 1. The van der Waals surface area contributed by atoms with E-state index in [9.17, 15) is 9.90 Å². The molecule has 0 spiro atoms. The maximum absolute atomic E-state index is 12.0. The molecule has 0 radical (unpaired) electrons. The number of nitrogens with one attached hydrogen (secondary N) is 3. The third-order valence-corrected chi connectivity index (χ3v) is 6.09. The largest absolute Gasteiger partial charge is 0.512 e. The van der Waals surface area contributed by atoms with Crippen molar-refractivity contribution >= 4 is 35.8 Å². The predicted octanol–water partition coefficient (Wildman–Crippen LogP) is 4.65. The number of aliphatic hydroxyl groups excluding tert-OH is 1. The predicted molar refractivity (Wildman–Crippen MR) is 142 cm³/mol. The third-order valence-electron chi connectivity index (χ3n) is 4.91. The molecule has 0 fully saturated rings. The first-order chi connectivity index (χ1) is 16.3. The van der Waals surface area contributed by atoms with E-state index in [-0.39, 0.29) is 11.3 Å². The smallest absolute Gasteiger partial charge is 0.256 e. The minimum atomic E-state index is -0.490. The number of amides is 1. The van der Waals surface area contributed by atoms with Gasteiger partial charge in [0.1, 0.15) is 10.8 Å². The Labute approximate surface area is 205 Å². The summed E-state index contributed by atoms with van der Waals surface area (Å²) in [5.74, 6) is -0.676. The zero-order valence-corrected chi connectivity index (χ0v) is 20.8. The van der Waals surface area contributed by atoms with Gasteiger partial charge in [-0.15, -0.1) is 0 Å².